The van der Waals surface area contributed by atoms with Crippen molar-refractivity contribution in [1.29, 1.82) is 0 Å². The number of carbonyl (C=O) groups is 4. The highest BCUT2D eigenvalue weighted by Gasteiger charge is 2.23. The van der Waals surface area contributed by atoms with E-state index in [1.807, 2.05) is 0 Å². The highest BCUT2D eigenvalue weighted by atomic mass is 35.5. The summed E-state index contributed by atoms with van der Waals surface area (Å²) in [4.78, 5) is 47.5. The van der Waals surface area contributed by atoms with E-state index >= 15 is 0 Å². The summed E-state index contributed by atoms with van der Waals surface area (Å²) in [5.41, 5.74) is 6.20. The lowest BCUT2D eigenvalue weighted by Crippen LogP contribution is -2.42. The number of primary amides is 1. The molecular formula is C20H20ClN3O5. The van der Waals surface area contributed by atoms with Gasteiger partial charge < -0.3 is 21.1 Å². The average Bonchev–Trinajstić information content (AvgIpc) is 2.68. The van der Waals surface area contributed by atoms with Gasteiger partial charge in [-0.15, -0.1) is 0 Å². The maximum atomic E-state index is 12.2. The maximum Gasteiger partial charge on any atom is 0.329 e. The first-order valence-corrected chi connectivity index (χ1v) is 9.03. The number of nitrogens with one attached hydrogen (secondary N) is 2. The number of carbonyl (C=O) groups excluding carboxylic acids is 4. The van der Waals surface area contributed by atoms with Gasteiger partial charge in [-0.3, -0.25) is 14.4 Å². The zero-order chi connectivity index (χ0) is 21.6. The lowest BCUT2D eigenvalue weighted by molar-refractivity contribution is -0.154. The van der Waals surface area contributed by atoms with Crippen molar-refractivity contribution in [2.45, 2.75) is 26.0 Å². The summed E-state index contributed by atoms with van der Waals surface area (Å²) in [5.74, 6) is -2.39. The standard InChI is InChI=1S/C20H20ClN3O5/c1-11(23-19(27)14-3-7-15(21)8-4-14)20(28)29-12(2)18(26)24-16-9-5-13(6-10-16)17(22)25/h3-12H,1-2H3,(H2,22,25)(H,23,27)(H,24,26)/t11-,12-/m0/s1. The van der Waals surface area contributed by atoms with Crippen LogP contribution in [0, 0.1) is 0 Å². The number of nitrogens with two attached hydrogens (primary N) is 1. The van der Waals surface area contributed by atoms with E-state index in [1.165, 1.54) is 50.2 Å². The van der Waals surface area contributed by atoms with Crippen molar-refractivity contribution in [3.63, 3.8) is 0 Å². The Balaban J connectivity index is 1.87. The van der Waals surface area contributed by atoms with Gasteiger partial charge >= 0.3 is 5.97 Å². The summed E-state index contributed by atoms with van der Waals surface area (Å²) in [6, 6.07) is 11.1. The number of esters is 1. The van der Waals surface area contributed by atoms with Gasteiger partial charge in [-0.2, -0.15) is 0 Å². The Labute approximate surface area is 172 Å². The molecule has 0 aliphatic carbocycles. The highest BCUT2D eigenvalue weighted by molar-refractivity contribution is 6.30. The third-order valence-electron chi connectivity index (χ3n) is 3.91. The second-order valence-corrected chi connectivity index (χ2v) is 6.65. The molecule has 0 aliphatic rings. The van der Waals surface area contributed by atoms with Crippen molar-refractivity contribution in [1.82, 2.24) is 5.32 Å². The van der Waals surface area contributed by atoms with Gasteiger partial charge in [0.15, 0.2) is 6.10 Å². The quantitative estimate of drug-likeness (QED) is 0.594. The fourth-order valence-electron chi connectivity index (χ4n) is 2.23. The molecule has 9 heteroatoms. The number of hydrogen-bond acceptors (Lipinski definition) is 5. The fourth-order valence-corrected chi connectivity index (χ4v) is 2.36. The Hall–Kier alpha value is -3.39. The lowest BCUT2D eigenvalue weighted by atomic mass is 10.2. The molecule has 2 aromatic carbocycles. The molecule has 0 fully saturated rings. The van der Waals surface area contributed by atoms with Gasteiger partial charge in [-0.05, 0) is 62.4 Å². The van der Waals surface area contributed by atoms with Crippen molar-refractivity contribution in [2.24, 2.45) is 5.73 Å². The van der Waals surface area contributed by atoms with Crippen LogP contribution in [0.4, 0.5) is 5.69 Å². The second-order valence-electron chi connectivity index (χ2n) is 6.21. The molecule has 29 heavy (non-hydrogen) atoms. The van der Waals surface area contributed by atoms with Crippen molar-refractivity contribution < 1.29 is 23.9 Å². The number of rotatable bonds is 7. The van der Waals surface area contributed by atoms with Crippen molar-refractivity contribution >= 4 is 41.0 Å². The molecule has 8 nitrogen and oxygen atoms in total. The Morgan fingerprint density at radius 1 is 0.931 bits per heavy atom. The highest BCUT2D eigenvalue weighted by Crippen LogP contribution is 2.11. The normalized spacial score (nSPS) is 12.4. The third kappa shape index (κ3) is 6.32. The van der Waals surface area contributed by atoms with Gasteiger partial charge in [-0.25, -0.2) is 4.79 Å². The van der Waals surface area contributed by atoms with E-state index in [-0.39, 0.29) is 0 Å². The van der Waals surface area contributed by atoms with Crippen LogP contribution in [0.15, 0.2) is 48.5 Å². The molecule has 0 saturated carbocycles. The molecule has 0 aliphatic heterocycles. The minimum Gasteiger partial charge on any atom is -0.451 e. The predicted molar refractivity (Wildman–Crippen MR) is 108 cm³/mol. The molecule has 0 bridgehead atoms. The second kappa shape index (κ2) is 9.70. The fraction of sp³-hybridized carbons (Fsp3) is 0.200. The van der Waals surface area contributed by atoms with Crippen LogP contribution in [-0.4, -0.2) is 35.8 Å². The van der Waals surface area contributed by atoms with Crippen LogP contribution in [0.25, 0.3) is 0 Å². The van der Waals surface area contributed by atoms with E-state index in [2.05, 4.69) is 10.6 Å². The smallest absolute Gasteiger partial charge is 0.329 e. The summed E-state index contributed by atoms with van der Waals surface area (Å²) in [6.07, 6.45) is -1.10. The summed E-state index contributed by atoms with van der Waals surface area (Å²) >= 11 is 5.77. The van der Waals surface area contributed by atoms with Gasteiger partial charge in [0, 0.05) is 21.8 Å². The molecule has 0 unspecified atom stereocenters. The van der Waals surface area contributed by atoms with Crippen molar-refractivity contribution in [3.8, 4) is 0 Å². The predicted octanol–water partition coefficient (Wildman–Crippen LogP) is 2.13. The molecule has 0 spiro atoms. The SMILES string of the molecule is C[C@H](NC(=O)c1ccc(Cl)cc1)C(=O)O[C@@H](C)C(=O)Nc1ccc(C(N)=O)cc1. The van der Waals surface area contributed by atoms with E-state index in [4.69, 9.17) is 22.1 Å². The number of ether oxygens (including phenoxy) is 1. The van der Waals surface area contributed by atoms with E-state index in [9.17, 15) is 19.2 Å². The summed E-state index contributed by atoms with van der Waals surface area (Å²) in [7, 11) is 0. The van der Waals surface area contributed by atoms with E-state index in [0.29, 0.717) is 21.8 Å². The van der Waals surface area contributed by atoms with E-state index < -0.39 is 35.8 Å². The van der Waals surface area contributed by atoms with Crippen LogP contribution < -0.4 is 16.4 Å². The van der Waals surface area contributed by atoms with Gasteiger partial charge in [0.25, 0.3) is 11.8 Å². The first-order chi connectivity index (χ1) is 13.7. The maximum absolute atomic E-state index is 12.2. The molecule has 0 saturated heterocycles. The Bertz CT molecular complexity index is 913. The average molecular weight is 418 g/mol. The van der Waals surface area contributed by atoms with E-state index in [0.717, 1.165) is 0 Å². The van der Waals surface area contributed by atoms with Crippen LogP contribution in [-0.2, 0) is 14.3 Å². The first-order valence-electron chi connectivity index (χ1n) is 8.65. The monoisotopic (exact) mass is 417 g/mol. The number of benzene rings is 2. The molecule has 3 amide bonds. The molecular weight excluding hydrogens is 398 g/mol. The number of amides is 3. The van der Waals surface area contributed by atoms with Crippen LogP contribution in [0.2, 0.25) is 5.02 Å². The minimum atomic E-state index is -1.10. The van der Waals surface area contributed by atoms with Gasteiger partial charge in [0.2, 0.25) is 5.91 Å². The van der Waals surface area contributed by atoms with Crippen LogP contribution in [0.3, 0.4) is 0 Å². The topological polar surface area (TPSA) is 128 Å². The third-order valence-corrected chi connectivity index (χ3v) is 4.16. The first kappa shape index (κ1) is 21.9. The lowest BCUT2D eigenvalue weighted by Gasteiger charge is -2.17. The molecule has 0 heterocycles. The van der Waals surface area contributed by atoms with Crippen molar-refractivity contribution in [2.75, 3.05) is 5.32 Å². The molecule has 2 atom stereocenters. The van der Waals surface area contributed by atoms with Gasteiger partial charge in [0.05, 0.1) is 0 Å². The van der Waals surface area contributed by atoms with Gasteiger partial charge in [0.1, 0.15) is 6.04 Å². The number of halogens is 1. The van der Waals surface area contributed by atoms with Crippen LogP contribution in [0.5, 0.6) is 0 Å². The van der Waals surface area contributed by atoms with Crippen LogP contribution in [0.1, 0.15) is 34.6 Å². The zero-order valence-corrected chi connectivity index (χ0v) is 16.5. The largest absolute Gasteiger partial charge is 0.451 e. The number of hydrogen-bond donors (Lipinski definition) is 3. The molecule has 2 rings (SSSR count). The Kier molecular flexibility index (Phi) is 7.33. The van der Waals surface area contributed by atoms with Crippen molar-refractivity contribution in [3.05, 3.63) is 64.7 Å². The summed E-state index contributed by atoms with van der Waals surface area (Å²) in [5, 5.41) is 5.53. The van der Waals surface area contributed by atoms with Crippen LogP contribution >= 0.6 is 11.6 Å². The molecule has 2 aromatic rings. The minimum absolute atomic E-state index is 0.299. The van der Waals surface area contributed by atoms with E-state index in [1.54, 1.807) is 12.1 Å². The number of anilines is 1. The summed E-state index contributed by atoms with van der Waals surface area (Å²) < 4.78 is 5.10. The molecule has 0 radical (unpaired) electrons. The Morgan fingerprint density at radius 3 is 2.03 bits per heavy atom. The molecule has 152 valence electrons. The van der Waals surface area contributed by atoms with Gasteiger partial charge in [-0.1, -0.05) is 11.6 Å². The molecule has 0 aromatic heterocycles. The molecule has 4 N–H and O–H groups in total. The zero-order valence-electron chi connectivity index (χ0n) is 15.8. The Morgan fingerprint density at radius 2 is 1.48 bits per heavy atom. The summed E-state index contributed by atoms with van der Waals surface area (Å²) in [6.45, 7) is 2.85.